The summed E-state index contributed by atoms with van der Waals surface area (Å²) in [5.74, 6) is 0. The van der Waals surface area contributed by atoms with Gasteiger partial charge in [0.1, 0.15) is 5.54 Å². The van der Waals surface area contributed by atoms with E-state index in [4.69, 9.17) is 0 Å². The molecule has 24 heavy (non-hydrogen) atoms. The number of benzene rings is 2. The van der Waals surface area contributed by atoms with E-state index in [1.165, 1.54) is 32.7 Å². The lowest BCUT2D eigenvalue weighted by Crippen LogP contribution is -2.35. The number of fused-ring (bicyclic) bond motifs is 3. The number of aryl methyl sites for hydroxylation is 1. The van der Waals surface area contributed by atoms with Crippen LogP contribution in [0.25, 0.3) is 10.4 Å². The zero-order chi connectivity index (χ0) is 16.1. The molecule has 1 aliphatic carbocycles. The van der Waals surface area contributed by atoms with E-state index in [9.17, 15) is 0 Å². The van der Waals surface area contributed by atoms with Crippen molar-refractivity contribution >= 4 is 11.3 Å². The molecule has 0 bridgehead atoms. The molecule has 5 rings (SSSR count). The number of nitrogens with zero attached hydrogens (tertiary/aromatic N) is 2. The van der Waals surface area contributed by atoms with Crippen LogP contribution in [0.5, 0.6) is 0 Å². The molecule has 0 radical (unpaired) electrons. The number of hydrogen-bond donors (Lipinski definition) is 0. The highest BCUT2D eigenvalue weighted by Gasteiger charge is 2.47. The Morgan fingerprint density at radius 2 is 1.71 bits per heavy atom. The molecule has 1 aliphatic rings. The van der Waals surface area contributed by atoms with E-state index in [1.807, 2.05) is 23.9 Å². The highest BCUT2D eigenvalue weighted by Crippen LogP contribution is 2.55. The summed E-state index contributed by atoms with van der Waals surface area (Å²) in [4.78, 5) is 5.73. The number of rotatable bonds is 2. The van der Waals surface area contributed by atoms with Gasteiger partial charge in [0.15, 0.2) is 0 Å². The summed E-state index contributed by atoms with van der Waals surface area (Å²) in [6.07, 6.45) is 5.89. The SMILES string of the molecule is Cc1ccccc1C1(n2ccnc2)c2ccccc2-c2sccc21. The summed E-state index contributed by atoms with van der Waals surface area (Å²) in [6, 6.07) is 19.7. The molecule has 2 aromatic carbocycles. The summed E-state index contributed by atoms with van der Waals surface area (Å²) in [5.41, 5.74) is 6.28. The van der Waals surface area contributed by atoms with Gasteiger partial charge >= 0.3 is 0 Å². The quantitative estimate of drug-likeness (QED) is 0.442. The van der Waals surface area contributed by atoms with E-state index < -0.39 is 0 Å². The topological polar surface area (TPSA) is 17.8 Å². The predicted molar refractivity (Wildman–Crippen MR) is 98.4 cm³/mol. The maximum atomic E-state index is 4.36. The Kier molecular flexibility index (Phi) is 2.82. The monoisotopic (exact) mass is 328 g/mol. The van der Waals surface area contributed by atoms with Crippen molar-refractivity contribution in [3.8, 4) is 10.4 Å². The first-order chi connectivity index (χ1) is 11.8. The van der Waals surface area contributed by atoms with Crippen LogP contribution in [0.4, 0.5) is 0 Å². The molecule has 0 aliphatic heterocycles. The van der Waals surface area contributed by atoms with Crippen molar-refractivity contribution in [2.24, 2.45) is 0 Å². The second kappa shape index (κ2) is 4.92. The Morgan fingerprint density at radius 3 is 2.50 bits per heavy atom. The fourth-order valence-electron chi connectivity index (χ4n) is 4.09. The van der Waals surface area contributed by atoms with E-state index in [-0.39, 0.29) is 5.54 Å². The lowest BCUT2D eigenvalue weighted by Gasteiger charge is -2.35. The number of thiophene rings is 1. The Balaban J connectivity index is 1.99. The summed E-state index contributed by atoms with van der Waals surface area (Å²) < 4.78 is 2.26. The zero-order valence-electron chi connectivity index (χ0n) is 13.3. The van der Waals surface area contributed by atoms with Gasteiger partial charge in [0.2, 0.25) is 0 Å². The molecular formula is C21H16N2S. The van der Waals surface area contributed by atoms with E-state index in [0.29, 0.717) is 0 Å². The third-order valence-electron chi connectivity index (χ3n) is 5.04. The highest BCUT2D eigenvalue weighted by atomic mass is 32.1. The largest absolute Gasteiger partial charge is 0.319 e. The fraction of sp³-hybridized carbons (Fsp3) is 0.0952. The molecule has 2 nitrogen and oxygen atoms in total. The van der Waals surface area contributed by atoms with Crippen LogP contribution in [0.1, 0.15) is 22.3 Å². The van der Waals surface area contributed by atoms with Gasteiger partial charge in [0.05, 0.1) is 6.33 Å². The van der Waals surface area contributed by atoms with Crippen LogP contribution in [0, 0.1) is 6.92 Å². The van der Waals surface area contributed by atoms with E-state index >= 15 is 0 Å². The van der Waals surface area contributed by atoms with Crippen molar-refractivity contribution in [3.05, 3.63) is 101 Å². The molecule has 0 saturated heterocycles. The second-order valence-corrected chi connectivity index (χ2v) is 7.12. The van der Waals surface area contributed by atoms with Crippen molar-refractivity contribution in [2.45, 2.75) is 12.5 Å². The van der Waals surface area contributed by atoms with Crippen LogP contribution >= 0.6 is 11.3 Å². The summed E-state index contributed by atoms with van der Waals surface area (Å²) in [5, 5.41) is 2.20. The lowest BCUT2D eigenvalue weighted by molar-refractivity contribution is 0.525. The second-order valence-electron chi connectivity index (χ2n) is 6.20. The van der Waals surface area contributed by atoms with Gasteiger partial charge in [0, 0.05) is 22.8 Å². The molecule has 4 aromatic rings. The molecular weight excluding hydrogens is 312 g/mol. The average molecular weight is 328 g/mol. The molecule has 2 heterocycles. The van der Waals surface area contributed by atoms with Gasteiger partial charge in [-0.2, -0.15) is 0 Å². The third kappa shape index (κ3) is 1.57. The van der Waals surface area contributed by atoms with Gasteiger partial charge in [-0.25, -0.2) is 4.98 Å². The minimum absolute atomic E-state index is 0.340. The van der Waals surface area contributed by atoms with Crippen LogP contribution in [-0.4, -0.2) is 9.55 Å². The van der Waals surface area contributed by atoms with Gasteiger partial charge in [-0.1, -0.05) is 48.5 Å². The van der Waals surface area contributed by atoms with E-state index in [2.05, 4.69) is 82.6 Å². The number of aromatic nitrogens is 2. The maximum absolute atomic E-state index is 4.36. The molecule has 116 valence electrons. The first-order valence-electron chi connectivity index (χ1n) is 8.06. The van der Waals surface area contributed by atoms with Gasteiger partial charge in [-0.05, 0) is 40.6 Å². The van der Waals surface area contributed by atoms with Crippen LogP contribution < -0.4 is 0 Å². The average Bonchev–Trinajstić information content (AvgIpc) is 3.33. The summed E-state index contributed by atoms with van der Waals surface area (Å²) in [6.45, 7) is 2.20. The highest BCUT2D eigenvalue weighted by molar-refractivity contribution is 7.14. The fourth-order valence-corrected chi connectivity index (χ4v) is 5.08. The molecule has 0 amide bonds. The van der Waals surface area contributed by atoms with Gasteiger partial charge in [0.25, 0.3) is 0 Å². The normalized spacial score (nSPS) is 18.4. The minimum Gasteiger partial charge on any atom is -0.319 e. The zero-order valence-corrected chi connectivity index (χ0v) is 14.1. The van der Waals surface area contributed by atoms with Crippen LogP contribution in [-0.2, 0) is 5.54 Å². The molecule has 1 atom stereocenters. The molecule has 2 aromatic heterocycles. The summed E-state index contributed by atoms with van der Waals surface area (Å²) >= 11 is 1.82. The molecule has 3 heteroatoms. The van der Waals surface area contributed by atoms with Crippen molar-refractivity contribution in [1.82, 2.24) is 9.55 Å². The van der Waals surface area contributed by atoms with Gasteiger partial charge < -0.3 is 4.57 Å². The maximum Gasteiger partial charge on any atom is 0.123 e. The van der Waals surface area contributed by atoms with E-state index in [0.717, 1.165) is 0 Å². The van der Waals surface area contributed by atoms with Crippen molar-refractivity contribution < 1.29 is 0 Å². The molecule has 1 unspecified atom stereocenters. The standard InChI is InChI=1S/C21H16N2S/c1-15-6-2-4-8-17(15)21(23-12-11-22-14-23)18-9-5-3-7-16(18)20-19(21)10-13-24-20/h2-14H,1H3. The Morgan fingerprint density at radius 1 is 0.917 bits per heavy atom. The van der Waals surface area contributed by atoms with Crippen LogP contribution in [0.15, 0.2) is 78.7 Å². The van der Waals surface area contributed by atoms with E-state index in [1.54, 1.807) is 0 Å². The third-order valence-corrected chi connectivity index (χ3v) is 5.99. The molecule has 0 spiro atoms. The minimum atomic E-state index is -0.340. The first-order valence-corrected chi connectivity index (χ1v) is 8.94. The van der Waals surface area contributed by atoms with Crippen LogP contribution in [0.2, 0.25) is 0 Å². The first kappa shape index (κ1) is 13.8. The molecule has 0 saturated carbocycles. The smallest absolute Gasteiger partial charge is 0.123 e. The van der Waals surface area contributed by atoms with Gasteiger partial charge in [-0.15, -0.1) is 11.3 Å². The van der Waals surface area contributed by atoms with Crippen molar-refractivity contribution in [1.29, 1.82) is 0 Å². The Bertz CT molecular complexity index is 1030. The Hall–Kier alpha value is -2.65. The summed E-state index contributed by atoms with van der Waals surface area (Å²) in [7, 11) is 0. The Labute approximate surface area is 145 Å². The molecule has 0 N–H and O–H groups in total. The number of hydrogen-bond acceptors (Lipinski definition) is 2. The number of imidazole rings is 1. The van der Waals surface area contributed by atoms with Crippen molar-refractivity contribution in [2.75, 3.05) is 0 Å². The van der Waals surface area contributed by atoms with Gasteiger partial charge in [-0.3, -0.25) is 0 Å². The molecule has 0 fully saturated rings. The van der Waals surface area contributed by atoms with Crippen molar-refractivity contribution in [3.63, 3.8) is 0 Å². The van der Waals surface area contributed by atoms with Crippen LogP contribution in [0.3, 0.4) is 0 Å². The predicted octanol–water partition coefficient (Wildman–Crippen LogP) is 5.07. The lowest BCUT2D eigenvalue weighted by atomic mass is 9.79.